The minimum atomic E-state index is -0.810. The van der Waals surface area contributed by atoms with Gasteiger partial charge in [-0.15, -0.1) is 11.8 Å². The summed E-state index contributed by atoms with van der Waals surface area (Å²) in [5.41, 5.74) is 2.34. The maximum atomic E-state index is 11.0. The minimum Gasteiger partial charge on any atom is -0.492 e. The number of nitrogens with zero attached hydrogens (tertiary/aromatic N) is 1. The first-order valence-electron chi connectivity index (χ1n) is 9.32. The molecule has 27 heavy (non-hydrogen) atoms. The Kier molecular flexibility index (Phi) is 7.01. The molecule has 3 rings (SSSR count). The van der Waals surface area contributed by atoms with Crippen molar-refractivity contribution in [1.82, 2.24) is 5.32 Å². The lowest BCUT2D eigenvalue weighted by Gasteiger charge is -2.30. The molecule has 1 heterocycles. The average Bonchev–Trinajstić information content (AvgIpc) is 2.69. The van der Waals surface area contributed by atoms with E-state index in [4.69, 9.17) is 9.84 Å². The van der Waals surface area contributed by atoms with Crippen LogP contribution in [0.1, 0.15) is 18.9 Å². The molecule has 2 aromatic carbocycles. The summed E-state index contributed by atoms with van der Waals surface area (Å²) in [6.07, 6.45) is 0.564. The second-order valence-corrected chi connectivity index (χ2v) is 7.61. The van der Waals surface area contributed by atoms with Crippen molar-refractivity contribution in [2.45, 2.75) is 30.8 Å². The van der Waals surface area contributed by atoms with Gasteiger partial charge in [-0.2, -0.15) is 0 Å². The summed E-state index contributed by atoms with van der Waals surface area (Å²) in [5.74, 6) is 1.13. The molecule has 144 valence electrons. The molecule has 2 N–H and O–H groups in total. The molecule has 0 saturated carbocycles. The second kappa shape index (κ2) is 9.67. The number of nitrogens with one attached hydrogen (secondary N) is 1. The van der Waals surface area contributed by atoms with Crippen LogP contribution in [0, 0.1) is 0 Å². The molecule has 1 aliphatic heterocycles. The first-order chi connectivity index (χ1) is 13.2. The first-order valence-corrected chi connectivity index (χ1v) is 10.3. The largest absolute Gasteiger partial charge is 0.492 e. The second-order valence-electron chi connectivity index (χ2n) is 6.48. The van der Waals surface area contributed by atoms with Gasteiger partial charge in [-0.3, -0.25) is 4.79 Å². The van der Waals surface area contributed by atoms with Gasteiger partial charge >= 0.3 is 5.97 Å². The first kappa shape index (κ1) is 19.6. The van der Waals surface area contributed by atoms with E-state index in [0.29, 0.717) is 19.6 Å². The number of carboxylic acids is 1. The van der Waals surface area contributed by atoms with E-state index in [1.54, 1.807) is 0 Å². The SMILES string of the molecule is CCC(NCc1ccc(OCCN2CCSc3ccccc32)cc1)C(=O)O. The molecule has 0 fully saturated rings. The van der Waals surface area contributed by atoms with Crippen LogP contribution in [0.25, 0.3) is 0 Å². The summed E-state index contributed by atoms with van der Waals surface area (Å²) in [5, 5.41) is 12.1. The van der Waals surface area contributed by atoms with Crippen LogP contribution in [-0.4, -0.2) is 42.6 Å². The van der Waals surface area contributed by atoms with E-state index in [1.165, 1.54) is 10.6 Å². The van der Waals surface area contributed by atoms with Crippen LogP contribution < -0.4 is 15.0 Å². The molecule has 1 atom stereocenters. The van der Waals surface area contributed by atoms with E-state index in [0.717, 1.165) is 30.2 Å². The number of para-hydroxylation sites is 1. The molecule has 0 amide bonds. The van der Waals surface area contributed by atoms with E-state index in [1.807, 2.05) is 43.0 Å². The van der Waals surface area contributed by atoms with Crippen molar-refractivity contribution in [2.24, 2.45) is 0 Å². The zero-order chi connectivity index (χ0) is 19.1. The fourth-order valence-corrected chi connectivity index (χ4v) is 4.13. The summed E-state index contributed by atoms with van der Waals surface area (Å²) < 4.78 is 5.90. The van der Waals surface area contributed by atoms with Gasteiger partial charge in [0, 0.05) is 23.7 Å². The van der Waals surface area contributed by atoms with E-state index < -0.39 is 12.0 Å². The molecule has 0 bridgehead atoms. The molecule has 6 heteroatoms. The molecule has 5 nitrogen and oxygen atoms in total. The third kappa shape index (κ3) is 5.40. The van der Waals surface area contributed by atoms with Gasteiger partial charge in [0.05, 0.1) is 12.2 Å². The van der Waals surface area contributed by atoms with Gasteiger partial charge in [0.2, 0.25) is 0 Å². The zero-order valence-corrected chi connectivity index (χ0v) is 16.4. The molecule has 0 aromatic heterocycles. The van der Waals surface area contributed by atoms with Gasteiger partial charge in [-0.25, -0.2) is 0 Å². The van der Waals surface area contributed by atoms with Crippen molar-refractivity contribution in [3.63, 3.8) is 0 Å². The van der Waals surface area contributed by atoms with E-state index in [-0.39, 0.29) is 0 Å². The highest BCUT2D eigenvalue weighted by Gasteiger charge is 2.16. The van der Waals surface area contributed by atoms with E-state index in [9.17, 15) is 4.79 Å². The molecular weight excluding hydrogens is 360 g/mol. The summed E-state index contributed by atoms with van der Waals surface area (Å²) in [4.78, 5) is 14.8. The van der Waals surface area contributed by atoms with Gasteiger partial charge in [0.1, 0.15) is 18.4 Å². The highest BCUT2D eigenvalue weighted by molar-refractivity contribution is 7.99. The zero-order valence-electron chi connectivity index (χ0n) is 15.6. The van der Waals surface area contributed by atoms with Gasteiger partial charge < -0.3 is 20.1 Å². The Hall–Kier alpha value is -2.18. The fourth-order valence-electron chi connectivity index (χ4n) is 3.08. The molecule has 1 unspecified atom stereocenters. The predicted molar refractivity (Wildman–Crippen MR) is 110 cm³/mol. The Morgan fingerprint density at radius 1 is 1.26 bits per heavy atom. The highest BCUT2D eigenvalue weighted by Crippen LogP contribution is 2.33. The normalized spacial score (nSPS) is 14.5. The molecule has 2 aromatic rings. The Bertz CT molecular complexity index is 751. The average molecular weight is 387 g/mol. The maximum absolute atomic E-state index is 11.0. The van der Waals surface area contributed by atoms with Gasteiger partial charge in [0.25, 0.3) is 0 Å². The number of carbonyl (C=O) groups is 1. The minimum absolute atomic E-state index is 0.508. The van der Waals surface area contributed by atoms with Crippen LogP contribution in [0.4, 0.5) is 5.69 Å². The fraction of sp³-hybridized carbons (Fsp3) is 0.381. The van der Waals surface area contributed by atoms with Crippen molar-refractivity contribution in [3.05, 3.63) is 54.1 Å². The number of carboxylic acid groups (broad SMARTS) is 1. The number of fused-ring (bicyclic) bond motifs is 1. The lowest BCUT2D eigenvalue weighted by molar-refractivity contribution is -0.139. The Balaban J connectivity index is 1.46. The van der Waals surface area contributed by atoms with Crippen LogP contribution in [0.5, 0.6) is 5.75 Å². The molecule has 1 aliphatic rings. The van der Waals surface area contributed by atoms with Crippen molar-refractivity contribution in [2.75, 3.05) is 30.3 Å². The van der Waals surface area contributed by atoms with Crippen molar-refractivity contribution >= 4 is 23.4 Å². The molecule has 0 aliphatic carbocycles. The van der Waals surface area contributed by atoms with Gasteiger partial charge in [-0.1, -0.05) is 31.2 Å². The predicted octanol–water partition coefficient (Wildman–Crippen LogP) is 3.63. The number of hydrogen-bond donors (Lipinski definition) is 2. The van der Waals surface area contributed by atoms with Crippen molar-refractivity contribution in [1.29, 1.82) is 0 Å². The van der Waals surface area contributed by atoms with Crippen LogP contribution in [-0.2, 0) is 11.3 Å². The number of thioether (sulfide) groups is 1. The van der Waals surface area contributed by atoms with Gasteiger partial charge in [-0.05, 0) is 36.2 Å². The number of ether oxygens (including phenoxy) is 1. The maximum Gasteiger partial charge on any atom is 0.320 e. The quantitative estimate of drug-likeness (QED) is 0.686. The number of rotatable bonds is 9. The Morgan fingerprint density at radius 3 is 2.78 bits per heavy atom. The number of benzene rings is 2. The third-order valence-electron chi connectivity index (χ3n) is 4.64. The standard InChI is InChI=1S/C21H26N2O3S/c1-2-18(21(24)25)22-15-16-7-9-17(10-8-16)26-13-11-23-12-14-27-20-6-4-3-5-19(20)23/h3-10,18,22H,2,11-15H2,1H3,(H,24,25). The van der Waals surface area contributed by atoms with Crippen LogP contribution >= 0.6 is 11.8 Å². The molecular formula is C21H26N2O3S. The number of hydrogen-bond acceptors (Lipinski definition) is 5. The lowest BCUT2D eigenvalue weighted by Crippen LogP contribution is -2.35. The molecule has 0 spiro atoms. The summed E-state index contributed by atoms with van der Waals surface area (Å²) in [6.45, 7) is 4.93. The molecule has 0 radical (unpaired) electrons. The summed E-state index contributed by atoms with van der Waals surface area (Å²) in [7, 11) is 0. The van der Waals surface area contributed by atoms with Crippen molar-refractivity contribution in [3.8, 4) is 5.75 Å². The lowest BCUT2D eigenvalue weighted by atomic mass is 10.2. The topological polar surface area (TPSA) is 61.8 Å². The summed E-state index contributed by atoms with van der Waals surface area (Å²) in [6, 6.07) is 15.8. The Labute approximate surface area is 164 Å². The molecule has 0 saturated heterocycles. The van der Waals surface area contributed by atoms with Crippen LogP contribution in [0.3, 0.4) is 0 Å². The van der Waals surface area contributed by atoms with Gasteiger partial charge in [0.15, 0.2) is 0 Å². The Morgan fingerprint density at radius 2 is 2.04 bits per heavy atom. The summed E-state index contributed by atoms with van der Waals surface area (Å²) >= 11 is 1.91. The highest BCUT2D eigenvalue weighted by atomic mass is 32.2. The monoisotopic (exact) mass is 386 g/mol. The van der Waals surface area contributed by atoms with E-state index in [2.05, 4.69) is 34.5 Å². The smallest absolute Gasteiger partial charge is 0.320 e. The van der Waals surface area contributed by atoms with Crippen LogP contribution in [0.15, 0.2) is 53.4 Å². The third-order valence-corrected chi connectivity index (χ3v) is 5.68. The van der Waals surface area contributed by atoms with Crippen molar-refractivity contribution < 1.29 is 14.6 Å². The number of aliphatic carboxylic acids is 1. The van der Waals surface area contributed by atoms with Crippen LogP contribution in [0.2, 0.25) is 0 Å². The number of anilines is 1. The van der Waals surface area contributed by atoms with E-state index >= 15 is 0 Å².